The number of carbonyl (C=O) groups is 2. The fraction of sp³-hybridized carbons (Fsp3) is 0.263. The van der Waals surface area contributed by atoms with E-state index in [2.05, 4.69) is 15.6 Å². The highest BCUT2D eigenvalue weighted by Gasteiger charge is 2.17. The average molecular weight is 456 g/mol. The second-order valence-electron chi connectivity index (χ2n) is 6.06. The molecule has 0 radical (unpaired) electrons. The Morgan fingerprint density at radius 3 is 2.20 bits per heavy atom. The van der Waals surface area contributed by atoms with Crippen LogP contribution in [0.1, 0.15) is 12.0 Å². The minimum absolute atomic E-state index is 0.0307. The van der Waals surface area contributed by atoms with Gasteiger partial charge in [-0.2, -0.15) is 0 Å². The minimum atomic E-state index is -3.85. The molecule has 30 heavy (non-hydrogen) atoms. The Labute approximate surface area is 179 Å². The summed E-state index contributed by atoms with van der Waals surface area (Å²) in [5.41, 5.74) is 5.24. The zero-order valence-electron chi connectivity index (χ0n) is 16.4. The van der Waals surface area contributed by atoms with Crippen molar-refractivity contribution in [1.29, 1.82) is 0 Å². The second-order valence-corrected chi connectivity index (χ2v) is 8.27. The Morgan fingerprint density at radius 2 is 1.57 bits per heavy atom. The molecule has 0 atom stereocenters. The van der Waals surface area contributed by atoms with Crippen molar-refractivity contribution in [2.75, 3.05) is 20.8 Å². The Kier molecular flexibility index (Phi) is 8.46. The van der Waals surface area contributed by atoms with Crippen molar-refractivity contribution in [2.45, 2.75) is 17.7 Å². The molecule has 0 fully saturated rings. The Morgan fingerprint density at radius 1 is 0.933 bits per heavy atom. The lowest BCUT2D eigenvalue weighted by Gasteiger charge is -2.11. The fourth-order valence-corrected chi connectivity index (χ4v) is 3.57. The van der Waals surface area contributed by atoms with E-state index in [9.17, 15) is 18.0 Å². The molecule has 0 aliphatic carbocycles. The van der Waals surface area contributed by atoms with Gasteiger partial charge >= 0.3 is 0 Å². The molecule has 0 saturated heterocycles. The number of carbonyl (C=O) groups excluding carboxylic acids is 2. The van der Waals surface area contributed by atoms with Crippen molar-refractivity contribution in [2.24, 2.45) is 0 Å². The van der Waals surface area contributed by atoms with E-state index in [0.717, 1.165) is 5.56 Å². The van der Waals surface area contributed by atoms with Crippen LogP contribution in [0.5, 0.6) is 11.5 Å². The number of ether oxygens (including phenoxy) is 2. The van der Waals surface area contributed by atoms with Crippen LogP contribution in [0.4, 0.5) is 0 Å². The lowest BCUT2D eigenvalue weighted by molar-refractivity contribution is -0.128. The quantitative estimate of drug-likeness (QED) is 0.491. The number of benzene rings is 2. The molecule has 3 N–H and O–H groups in total. The molecule has 0 spiro atoms. The van der Waals surface area contributed by atoms with Crippen LogP contribution in [0, 0.1) is 0 Å². The van der Waals surface area contributed by atoms with Crippen LogP contribution in [0.3, 0.4) is 0 Å². The third kappa shape index (κ3) is 6.90. The van der Waals surface area contributed by atoms with Crippen molar-refractivity contribution in [3.63, 3.8) is 0 Å². The van der Waals surface area contributed by atoms with Gasteiger partial charge in [0, 0.05) is 24.1 Å². The smallest absolute Gasteiger partial charge is 0.242 e. The molecular formula is C19H22ClN3O6S. The van der Waals surface area contributed by atoms with Crippen molar-refractivity contribution in [3.8, 4) is 11.5 Å². The lowest BCUT2D eigenvalue weighted by Crippen LogP contribution is -2.43. The molecule has 2 amide bonds. The minimum Gasteiger partial charge on any atom is -0.493 e. The van der Waals surface area contributed by atoms with Crippen LogP contribution < -0.4 is 25.0 Å². The highest BCUT2D eigenvalue weighted by atomic mass is 35.5. The van der Waals surface area contributed by atoms with Crippen molar-refractivity contribution >= 4 is 33.4 Å². The van der Waals surface area contributed by atoms with Crippen molar-refractivity contribution < 1.29 is 27.5 Å². The highest BCUT2D eigenvalue weighted by molar-refractivity contribution is 7.89. The number of rotatable bonds is 9. The number of hydrogen-bond donors (Lipinski definition) is 3. The van der Waals surface area contributed by atoms with Gasteiger partial charge in [0.15, 0.2) is 11.5 Å². The topological polar surface area (TPSA) is 123 Å². The highest BCUT2D eigenvalue weighted by Crippen LogP contribution is 2.29. The maximum Gasteiger partial charge on any atom is 0.242 e. The van der Waals surface area contributed by atoms with Gasteiger partial charge in [0.2, 0.25) is 21.8 Å². The maximum absolute atomic E-state index is 12.4. The van der Waals surface area contributed by atoms with Crippen LogP contribution in [0.25, 0.3) is 0 Å². The molecule has 9 nitrogen and oxygen atoms in total. The van der Waals surface area contributed by atoms with Gasteiger partial charge in [-0.1, -0.05) is 23.7 Å². The summed E-state index contributed by atoms with van der Waals surface area (Å²) in [6.07, 6.45) is -0.114. The van der Waals surface area contributed by atoms with Crippen molar-refractivity contribution in [3.05, 3.63) is 53.1 Å². The molecule has 2 aromatic rings. The van der Waals surface area contributed by atoms with Crippen LogP contribution in [-0.4, -0.2) is 41.0 Å². The normalized spacial score (nSPS) is 10.9. The van der Waals surface area contributed by atoms with Gasteiger partial charge in [-0.25, -0.2) is 13.1 Å². The zero-order valence-corrected chi connectivity index (χ0v) is 18.0. The fourth-order valence-electron chi connectivity index (χ4n) is 2.40. The number of hydrogen-bond acceptors (Lipinski definition) is 6. The Balaban J connectivity index is 1.79. The molecule has 0 bridgehead atoms. The SMILES string of the molecule is COc1ccc(S(=O)(=O)NCCC(=O)NNC(=O)Cc2ccc(Cl)cc2)cc1OC. The van der Waals surface area contributed by atoms with Gasteiger partial charge in [0.25, 0.3) is 0 Å². The predicted octanol–water partition coefficient (Wildman–Crippen LogP) is 1.42. The molecule has 2 aromatic carbocycles. The summed E-state index contributed by atoms with van der Waals surface area (Å²) in [7, 11) is -1.02. The molecular weight excluding hydrogens is 434 g/mol. The largest absolute Gasteiger partial charge is 0.493 e. The van der Waals surface area contributed by atoms with Gasteiger partial charge in [-0.05, 0) is 29.8 Å². The van der Waals surface area contributed by atoms with Gasteiger partial charge in [-0.15, -0.1) is 0 Å². The van der Waals surface area contributed by atoms with Crippen molar-refractivity contribution in [1.82, 2.24) is 15.6 Å². The lowest BCUT2D eigenvalue weighted by atomic mass is 10.1. The number of halogens is 1. The van der Waals surface area contributed by atoms with Gasteiger partial charge in [0.1, 0.15) is 0 Å². The van der Waals surface area contributed by atoms with E-state index in [1.54, 1.807) is 24.3 Å². The summed E-state index contributed by atoms with van der Waals surface area (Å²) in [4.78, 5) is 23.6. The third-order valence-electron chi connectivity index (χ3n) is 3.93. The van der Waals surface area contributed by atoms with Crippen LogP contribution in [-0.2, 0) is 26.0 Å². The van der Waals surface area contributed by atoms with E-state index >= 15 is 0 Å². The average Bonchev–Trinajstić information content (AvgIpc) is 2.73. The maximum atomic E-state index is 12.4. The summed E-state index contributed by atoms with van der Waals surface area (Å²) < 4.78 is 37.2. The van der Waals surface area contributed by atoms with E-state index in [-0.39, 0.29) is 30.0 Å². The summed E-state index contributed by atoms with van der Waals surface area (Å²) in [6.45, 7) is -0.157. The Hall–Kier alpha value is -2.82. The monoisotopic (exact) mass is 455 g/mol. The molecule has 0 saturated carbocycles. The molecule has 11 heteroatoms. The third-order valence-corrected chi connectivity index (χ3v) is 5.64. The van der Waals surface area contributed by atoms with E-state index in [4.69, 9.17) is 21.1 Å². The first kappa shape index (κ1) is 23.5. The van der Waals surface area contributed by atoms with Crippen LogP contribution in [0.2, 0.25) is 5.02 Å². The van der Waals surface area contributed by atoms with Gasteiger partial charge < -0.3 is 9.47 Å². The zero-order chi connectivity index (χ0) is 22.1. The number of amides is 2. The molecule has 0 heterocycles. The van der Waals surface area contributed by atoms with E-state index in [1.807, 2.05) is 0 Å². The summed E-state index contributed by atoms with van der Waals surface area (Å²) in [5, 5.41) is 0.558. The Bertz CT molecular complexity index is 996. The van der Waals surface area contributed by atoms with Crippen LogP contribution >= 0.6 is 11.6 Å². The predicted molar refractivity (Wildman–Crippen MR) is 111 cm³/mol. The van der Waals surface area contributed by atoms with Gasteiger partial charge in [-0.3, -0.25) is 20.4 Å². The first-order chi connectivity index (χ1) is 14.2. The van der Waals surface area contributed by atoms with E-state index < -0.39 is 21.8 Å². The van der Waals surface area contributed by atoms with Gasteiger partial charge in [0.05, 0.1) is 25.5 Å². The summed E-state index contributed by atoms with van der Waals surface area (Å²) in [5.74, 6) is -0.308. The molecule has 0 aliphatic rings. The summed E-state index contributed by atoms with van der Waals surface area (Å²) in [6, 6.07) is 10.9. The standard InChI is InChI=1S/C19H22ClN3O6S/c1-28-16-8-7-15(12-17(16)29-2)30(26,27)21-10-9-18(24)22-23-19(25)11-13-3-5-14(20)6-4-13/h3-8,12,21H,9-11H2,1-2H3,(H,22,24)(H,23,25). The number of hydrazine groups is 1. The number of methoxy groups -OCH3 is 2. The summed E-state index contributed by atoms with van der Waals surface area (Å²) >= 11 is 5.78. The first-order valence-corrected chi connectivity index (χ1v) is 10.6. The van der Waals surface area contributed by atoms with Crippen LogP contribution in [0.15, 0.2) is 47.4 Å². The van der Waals surface area contributed by atoms with E-state index in [0.29, 0.717) is 10.8 Å². The second kappa shape index (κ2) is 10.8. The van der Waals surface area contributed by atoms with E-state index in [1.165, 1.54) is 32.4 Å². The molecule has 162 valence electrons. The molecule has 0 aromatic heterocycles. The number of sulfonamides is 1. The molecule has 0 aliphatic heterocycles. The molecule has 2 rings (SSSR count). The number of nitrogens with one attached hydrogen (secondary N) is 3. The molecule has 0 unspecified atom stereocenters. The first-order valence-electron chi connectivity index (χ1n) is 8.79.